The summed E-state index contributed by atoms with van der Waals surface area (Å²) >= 11 is 0. The minimum atomic E-state index is 0.144. The van der Waals surface area contributed by atoms with Gasteiger partial charge in [-0.05, 0) is 14.1 Å². The predicted octanol–water partition coefficient (Wildman–Crippen LogP) is -0.478. The summed E-state index contributed by atoms with van der Waals surface area (Å²) in [5.74, 6) is 0. The van der Waals surface area contributed by atoms with Crippen molar-refractivity contribution in [3.05, 3.63) is 0 Å². The van der Waals surface area contributed by atoms with E-state index in [0.29, 0.717) is 6.61 Å². The fraction of sp³-hybridized carbons (Fsp3) is 1.00. The van der Waals surface area contributed by atoms with E-state index in [2.05, 4.69) is 0 Å². The SMILES string of the molecule is COC[C@@H](N)CN(C)C. The number of rotatable bonds is 4. The van der Waals surface area contributed by atoms with Crippen molar-refractivity contribution in [2.75, 3.05) is 34.4 Å². The Hall–Kier alpha value is -0.120. The molecule has 0 spiro atoms. The topological polar surface area (TPSA) is 38.5 Å². The van der Waals surface area contributed by atoms with Crippen molar-refractivity contribution in [1.82, 2.24) is 4.90 Å². The van der Waals surface area contributed by atoms with Gasteiger partial charge in [0.25, 0.3) is 0 Å². The highest BCUT2D eigenvalue weighted by atomic mass is 16.5. The number of nitrogens with two attached hydrogens (primary N) is 1. The van der Waals surface area contributed by atoms with Crippen LogP contribution in [0, 0.1) is 0 Å². The average Bonchev–Trinajstić information content (AvgIpc) is 1.63. The fourth-order valence-corrected chi connectivity index (χ4v) is 0.736. The Kier molecular flexibility index (Phi) is 4.67. The van der Waals surface area contributed by atoms with Crippen molar-refractivity contribution in [2.24, 2.45) is 5.73 Å². The zero-order valence-electron chi connectivity index (χ0n) is 6.42. The fourth-order valence-electron chi connectivity index (χ4n) is 0.736. The van der Waals surface area contributed by atoms with E-state index in [-0.39, 0.29) is 6.04 Å². The number of ether oxygens (including phenoxy) is 1. The molecule has 0 aromatic heterocycles. The van der Waals surface area contributed by atoms with Gasteiger partial charge in [-0.2, -0.15) is 0 Å². The Balaban J connectivity index is 3.15. The number of hydrogen-bond acceptors (Lipinski definition) is 3. The molecule has 3 heteroatoms. The Morgan fingerprint density at radius 2 is 2.11 bits per heavy atom. The largest absolute Gasteiger partial charge is 0.383 e. The molecular weight excluding hydrogens is 116 g/mol. The molecule has 56 valence electrons. The number of nitrogens with zero attached hydrogens (tertiary/aromatic N) is 1. The Morgan fingerprint density at radius 3 is 2.44 bits per heavy atom. The zero-order chi connectivity index (χ0) is 7.28. The molecule has 0 aliphatic rings. The molecule has 0 heterocycles. The van der Waals surface area contributed by atoms with E-state index in [1.165, 1.54) is 0 Å². The maximum atomic E-state index is 5.62. The molecule has 2 N–H and O–H groups in total. The number of methoxy groups -OCH3 is 1. The van der Waals surface area contributed by atoms with Gasteiger partial charge in [-0.1, -0.05) is 0 Å². The van der Waals surface area contributed by atoms with Crippen molar-refractivity contribution in [3.8, 4) is 0 Å². The summed E-state index contributed by atoms with van der Waals surface area (Å²) in [5.41, 5.74) is 5.62. The van der Waals surface area contributed by atoms with Crippen molar-refractivity contribution < 1.29 is 4.74 Å². The molecule has 0 bridgehead atoms. The summed E-state index contributed by atoms with van der Waals surface area (Å²) in [6.45, 7) is 1.52. The maximum Gasteiger partial charge on any atom is 0.0626 e. The van der Waals surface area contributed by atoms with E-state index >= 15 is 0 Å². The molecule has 3 nitrogen and oxygen atoms in total. The van der Waals surface area contributed by atoms with Crippen LogP contribution in [0.3, 0.4) is 0 Å². The molecular formula is C6H16N2O. The maximum absolute atomic E-state index is 5.62. The van der Waals surface area contributed by atoms with E-state index < -0.39 is 0 Å². The lowest BCUT2D eigenvalue weighted by Gasteiger charge is -2.15. The quantitative estimate of drug-likeness (QED) is 0.561. The predicted molar refractivity (Wildman–Crippen MR) is 38.4 cm³/mol. The van der Waals surface area contributed by atoms with Crippen molar-refractivity contribution in [3.63, 3.8) is 0 Å². The van der Waals surface area contributed by atoms with Crippen molar-refractivity contribution in [2.45, 2.75) is 6.04 Å². The normalized spacial score (nSPS) is 14.3. The highest BCUT2D eigenvalue weighted by molar-refractivity contribution is 4.61. The molecule has 0 saturated carbocycles. The number of likely N-dealkylation sites (N-methyl/N-ethyl adjacent to an activating group) is 1. The molecule has 0 rings (SSSR count). The zero-order valence-corrected chi connectivity index (χ0v) is 6.42. The first kappa shape index (κ1) is 8.88. The molecule has 0 radical (unpaired) electrons. The van der Waals surface area contributed by atoms with E-state index in [1.807, 2.05) is 19.0 Å². The first-order valence-electron chi connectivity index (χ1n) is 3.06. The van der Waals surface area contributed by atoms with E-state index in [1.54, 1.807) is 7.11 Å². The molecule has 0 amide bonds. The molecule has 0 aliphatic carbocycles. The van der Waals surface area contributed by atoms with Gasteiger partial charge in [-0.3, -0.25) is 0 Å². The second kappa shape index (κ2) is 4.73. The third kappa shape index (κ3) is 5.76. The molecule has 0 aliphatic heterocycles. The van der Waals surface area contributed by atoms with Crippen LogP contribution in [0.4, 0.5) is 0 Å². The van der Waals surface area contributed by atoms with Crippen LogP contribution in [0.1, 0.15) is 0 Å². The van der Waals surface area contributed by atoms with E-state index in [0.717, 1.165) is 6.54 Å². The van der Waals surface area contributed by atoms with Gasteiger partial charge in [0.15, 0.2) is 0 Å². The third-order valence-electron chi connectivity index (χ3n) is 0.980. The van der Waals surface area contributed by atoms with Gasteiger partial charge in [0.2, 0.25) is 0 Å². The first-order chi connectivity index (χ1) is 4.16. The highest BCUT2D eigenvalue weighted by Gasteiger charge is 2.00. The van der Waals surface area contributed by atoms with Gasteiger partial charge in [0, 0.05) is 19.7 Å². The van der Waals surface area contributed by atoms with Gasteiger partial charge in [-0.15, -0.1) is 0 Å². The van der Waals surface area contributed by atoms with Gasteiger partial charge in [-0.25, -0.2) is 0 Å². The summed E-state index contributed by atoms with van der Waals surface area (Å²) in [5, 5.41) is 0. The van der Waals surface area contributed by atoms with Crippen LogP contribution >= 0.6 is 0 Å². The van der Waals surface area contributed by atoms with Crippen LogP contribution in [0.15, 0.2) is 0 Å². The Labute approximate surface area is 56.8 Å². The Bertz CT molecular complexity index is 66.1. The molecule has 0 unspecified atom stereocenters. The van der Waals surface area contributed by atoms with Crippen LogP contribution in [-0.2, 0) is 4.74 Å². The lowest BCUT2D eigenvalue weighted by Crippen LogP contribution is -2.36. The van der Waals surface area contributed by atoms with Crippen LogP contribution in [0.2, 0.25) is 0 Å². The van der Waals surface area contributed by atoms with Gasteiger partial charge >= 0.3 is 0 Å². The monoisotopic (exact) mass is 132 g/mol. The smallest absolute Gasteiger partial charge is 0.0626 e. The lowest BCUT2D eigenvalue weighted by atomic mass is 10.3. The summed E-state index contributed by atoms with van der Waals surface area (Å²) in [4.78, 5) is 2.05. The lowest BCUT2D eigenvalue weighted by molar-refractivity contribution is 0.167. The summed E-state index contributed by atoms with van der Waals surface area (Å²) in [6, 6.07) is 0.144. The minimum Gasteiger partial charge on any atom is -0.383 e. The van der Waals surface area contributed by atoms with E-state index in [4.69, 9.17) is 10.5 Å². The molecule has 0 aromatic carbocycles. The standard InChI is InChI=1S/C6H16N2O/c1-8(2)4-6(7)5-9-3/h6H,4-5,7H2,1-3H3/t6-/m0/s1. The Morgan fingerprint density at radius 1 is 1.56 bits per heavy atom. The molecule has 9 heavy (non-hydrogen) atoms. The summed E-state index contributed by atoms with van der Waals surface area (Å²) in [7, 11) is 5.65. The summed E-state index contributed by atoms with van der Waals surface area (Å²) in [6.07, 6.45) is 0. The van der Waals surface area contributed by atoms with Gasteiger partial charge in [0.05, 0.1) is 6.61 Å². The van der Waals surface area contributed by atoms with Crippen molar-refractivity contribution >= 4 is 0 Å². The summed E-state index contributed by atoms with van der Waals surface area (Å²) < 4.78 is 4.85. The first-order valence-corrected chi connectivity index (χ1v) is 3.06. The van der Waals surface area contributed by atoms with Gasteiger partial charge < -0.3 is 15.4 Å². The average molecular weight is 132 g/mol. The van der Waals surface area contributed by atoms with Crippen LogP contribution in [0.5, 0.6) is 0 Å². The van der Waals surface area contributed by atoms with E-state index in [9.17, 15) is 0 Å². The molecule has 0 saturated heterocycles. The number of hydrogen-bond donors (Lipinski definition) is 1. The third-order valence-corrected chi connectivity index (χ3v) is 0.980. The minimum absolute atomic E-state index is 0.144. The van der Waals surface area contributed by atoms with Crippen molar-refractivity contribution in [1.29, 1.82) is 0 Å². The molecule has 0 aromatic rings. The molecule has 0 fully saturated rings. The van der Waals surface area contributed by atoms with Gasteiger partial charge in [0.1, 0.15) is 0 Å². The second-order valence-corrected chi connectivity index (χ2v) is 2.48. The van der Waals surface area contributed by atoms with Crippen LogP contribution in [-0.4, -0.2) is 45.3 Å². The molecule has 1 atom stereocenters. The second-order valence-electron chi connectivity index (χ2n) is 2.48. The van der Waals surface area contributed by atoms with Crippen LogP contribution < -0.4 is 5.73 Å². The van der Waals surface area contributed by atoms with Crippen LogP contribution in [0.25, 0.3) is 0 Å². The highest BCUT2D eigenvalue weighted by Crippen LogP contribution is 1.81.